The molecule has 150 valence electrons. The molecule has 0 radical (unpaired) electrons. The lowest BCUT2D eigenvalue weighted by Gasteiger charge is -2.13. The van der Waals surface area contributed by atoms with E-state index >= 15 is 0 Å². The van der Waals surface area contributed by atoms with Crippen LogP contribution in [0.25, 0.3) is 0 Å². The van der Waals surface area contributed by atoms with Gasteiger partial charge < -0.3 is 15.7 Å². The first-order valence-corrected chi connectivity index (χ1v) is 9.85. The summed E-state index contributed by atoms with van der Waals surface area (Å²) in [4.78, 5) is 16.7. The standard InChI is InChI=1S/C24H27N3O2/c1-18-16-26-22(15-24(29)27-21-10-6-3-7-11-21)14-20(18)12-13-25-17-23(28)19-8-4-2-5-9-19/h2-11,14,16,23,25,28H,12-13,15,17H2,1H3,(H,27,29)/t23-/m0/s1. The highest BCUT2D eigenvalue weighted by Gasteiger charge is 2.09. The molecule has 1 amide bonds. The lowest BCUT2D eigenvalue weighted by Crippen LogP contribution is -2.24. The number of nitrogens with one attached hydrogen (secondary N) is 2. The van der Waals surface area contributed by atoms with Gasteiger partial charge in [0.15, 0.2) is 0 Å². The molecule has 3 N–H and O–H groups in total. The van der Waals surface area contributed by atoms with Crippen molar-refractivity contribution in [1.29, 1.82) is 0 Å². The second-order valence-corrected chi connectivity index (χ2v) is 7.07. The van der Waals surface area contributed by atoms with E-state index in [1.54, 1.807) is 0 Å². The van der Waals surface area contributed by atoms with Crippen LogP contribution in [0.1, 0.15) is 28.5 Å². The van der Waals surface area contributed by atoms with Gasteiger partial charge >= 0.3 is 0 Å². The average Bonchev–Trinajstić information content (AvgIpc) is 2.74. The minimum Gasteiger partial charge on any atom is -0.387 e. The highest BCUT2D eigenvalue weighted by atomic mass is 16.3. The fourth-order valence-corrected chi connectivity index (χ4v) is 3.13. The number of pyridine rings is 1. The number of hydrogen-bond donors (Lipinski definition) is 3. The highest BCUT2D eigenvalue weighted by Crippen LogP contribution is 2.13. The van der Waals surface area contributed by atoms with Crippen LogP contribution in [0.4, 0.5) is 5.69 Å². The zero-order valence-corrected chi connectivity index (χ0v) is 16.6. The van der Waals surface area contributed by atoms with Crippen LogP contribution in [-0.2, 0) is 17.6 Å². The number of carbonyl (C=O) groups excluding carboxylic acids is 1. The molecule has 0 aliphatic carbocycles. The minimum absolute atomic E-state index is 0.0809. The van der Waals surface area contributed by atoms with Crippen molar-refractivity contribution in [2.75, 3.05) is 18.4 Å². The van der Waals surface area contributed by atoms with E-state index in [0.29, 0.717) is 6.54 Å². The predicted molar refractivity (Wildman–Crippen MR) is 116 cm³/mol. The van der Waals surface area contributed by atoms with Crippen LogP contribution in [-0.4, -0.2) is 29.1 Å². The number of rotatable bonds is 9. The number of nitrogens with zero attached hydrogens (tertiary/aromatic N) is 1. The lowest BCUT2D eigenvalue weighted by molar-refractivity contribution is -0.115. The van der Waals surface area contributed by atoms with Crippen LogP contribution in [0.5, 0.6) is 0 Å². The van der Waals surface area contributed by atoms with Gasteiger partial charge in [0.1, 0.15) is 0 Å². The molecule has 0 saturated heterocycles. The van der Waals surface area contributed by atoms with Crippen molar-refractivity contribution in [2.24, 2.45) is 0 Å². The van der Waals surface area contributed by atoms with E-state index in [1.165, 1.54) is 0 Å². The van der Waals surface area contributed by atoms with E-state index in [1.807, 2.05) is 79.9 Å². The number of amides is 1. The normalized spacial score (nSPS) is 11.8. The molecule has 5 heteroatoms. The lowest BCUT2D eigenvalue weighted by atomic mass is 10.1. The summed E-state index contributed by atoms with van der Waals surface area (Å²) >= 11 is 0. The smallest absolute Gasteiger partial charge is 0.230 e. The number of aliphatic hydroxyl groups is 1. The number of aromatic nitrogens is 1. The van der Waals surface area contributed by atoms with E-state index < -0.39 is 6.10 Å². The van der Waals surface area contributed by atoms with Crippen LogP contribution in [0.2, 0.25) is 0 Å². The largest absolute Gasteiger partial charge is 0.387 e. The minimum atomic E-state index is -0.521. The van der Waals surface area contributed by atoms with E-state index in [0.717, 1.165) is 41.0 Å². The molecule has 2 aromatic carbocycles. The van der Waals surface area contributed by atoms with Gasteiger partial charge in [-0.25, -0.2) is 0 Å². The summed E-state index contributed by atoms with van der Waals surface area (Å²) < 4.78 is 0. The molecular formula is C24H27N3O2. The zero-order valence-electron chi connectivity index (χ0n) is 16.6. The van der Waals surface area contributed by atoms with Gasteiger partial charge in [-0.3, -0.25) is 9.78 Å². The summed E-state index contributed by atoms with van der Waals surface area (Å²) in [7, 11) is 0. The maximum atomic E-state index is 12.3. The Kier molecular flexibility index (Phi) is 7.50. The van der Waals surface area contributed by atoms with Gasteiger partial charge in [0.05, 0.1) is 12.5 Å². The quantitative estimate of drug-likeness (QED) is 0.490. The van der Waals surface area contributed by atoms with Crippen LogP contribution in [0.15, 0.2) is 72.9 Å². The fourth-order valence-electron chi connectivity index (χ4n) is 3.13. The van der Waals surface area contributed by atoms with Crippen molar-refractivity contribution in [1.82, 2.24) is 10.3 Å². The average molecular weight is 389 g/mol. The predicted octanol–water partition coefficient (Wildman–Crippen LogP) is 3.44. The van der Waals surface area contributed by atoms with Crippen LogP contribution in [0, 0.1) is 6.92 Å². The summed E-state index contributed by atoms with van der Waals surface area (Å²) in [6, 6.07) is 21.0. The van der Waals surface area contributed by atoms with Crippen molar-refractivity contribution >= 4 is 11.6 Å². The number of aliphatic hydroxyl groups excluding tert-OH is 1. The molecule has 0 spiro atoms. The first kappa shape index (κ1) is 20.7. The molecule has 3 aromatic rings. The van der Waals surface area contributed by atoms with E-state index in [-0.39, 0.29) is 12.3 Å². The molecule has 0 unspecified atom stereocenters. The Morgan fingerprint density at radius 2 is 1.76 bits per heavy atom. The van der Waals surface area contributed by atoms with Gasteiger partial charge in [-0.05, 0) is 54.8 Å². The maximum Gasteiger partial charge on any atom is 0.230 e. The zero-order chi connectivity index (χ0) is 20.5. The van der Waals surface area contributed by atoms with E-state index in [4.69, 9.17) is 0 Å². The third kappa shape index (κ3) is 6.52. The first-order chi connectivity index (χ1) is 14.1. The van der Waals surface area contributed by atoms with E-state index in [9.17, 15) is 9.90 Å². The molecule has 0 aliphatic rings. The number of aryl methyl sites for hydroxylation is 1. The van der Waals surface area contributed by atoms with E-state index in [2.05, 4.69) is 15.6 Å². The summed E-state index contributed by atoms with van der Waals surface area (Å²) in [5, 5.41) is 16.4. The number of hydrogen-bond acceptors (Lipinski definition) is 4. The molecular weight excluding hydrogens is 362 g/mol. The third-order valence-corrected chi connectivity index (χ3v) is 4.76. The maximum absolute atomic E-state index is 12.3. The van der Waals surface area contributed by atoms with Gasteiger partial charge in [-0.2, -0.15) is 0 Å². The second-order valence-electron chi connectivity index (χ2n) is 7.07. The number of para-hydroxylation sites is 1. The van der Waals surface area contributed by atoms with Crippen molar-refractivity contribution in [3.63, 3.8) is 0 Å². The molecule has 0 fully saturated rings. The molecule has 1 aromatic heterocycles. The Balaban J connectivity index is 1.49. The summed E-state index contributed by atoms with van der Waals surface area (Å²) in [6.07, 6.45) is 2.34. The van der Waals surface area contributed by atoms with Crippen molar-refractivity contribution < 1.29 is 9.90 Å². The van der Waals surface area contributed by atoms with Gasteiger partial charge in [0.25, 0.3) is 0 Å². The van der Waals surface area contributed by atoms with Crippen LogP contribution >= 0.6 is 0 Å². The molecule has 3 rings (SSSR count). The Morgan fingerprint density at radius 3 is 2.48 bits per heavy atom. The molecule has 1 heterocycles. The molecule has 29 heavy (non-hydrogen) atoms. The Labute approximate surface area is 171 Å². The molecule has 0 bridgehead atoms. The summed E-state index contributed by atoms with van der Waals surface area (Å²) in [5.74, 6) is -0.0809. The Morgan fingerprint density at radius 1 is 1.07 bits per heavy atom. The molecule has 1 atom stereocenters. The van der Waals surface area contributed by atoms with Gasteiger partial charge in [0, 0.05) is 24.1 Å². The van der Waals surface area contributed by atoms with Crippen LogP contribution < -0.4 is 10.6 Å². The SMILES string of the molecule is Cc1cnc(CC(=O)Nc2ccccc2)cc1CCNC[C@H](O)c1ccccc1. The summed E-state index contributed by atoms with van der Waals surface area (Å²) in [6.45, 7) is 3.26. The van der Waals surface area contributed by atoms with Crippen molar-refractivity contribution in [2.45, 2.75) is 25.9 Å². The molecule has 0 aliphatic heterocycles. The Bertz CT molecular complexity index is 914. The van der Waals surface area contributed by atoms with Crippen molar-refractivity contribution in [3.8, 4) is 0 Å². The monoisotopic (exact) mass is 389 g/mol. The number of anilines is 1. The molecule has 5 nitrogen and oxygen atoms in total. The summed E-state index contributed by atoms with van der Waals surface area (Å²) in [5.41, 5.74) is 4.70. The van der Waals surface area contributed by atoms with Gasteiger partial charge in [-0.1, -0.05) is 48.5 Å². The fraction of sp³-hybridized carbons (Fsp3) is 0.250. The van der Waals surface area contributed by atoms with Crippen molar-refractivity contribution in [3.05, 3.63) is 95.3 Å². The van der Waals surface area contributed by atoms with Gasteiger partial charge in [-0.15, -0.1) is 0 Å². The highest BCUT2D eigenvalue weighted by molar-refractivity contribution is 5.91. The first-order valence-electron chi connectivity index (χ1n) is 9.85. The number of carbonyl (C=O) groups is 1. The second kappa shape index (κ2) is 10.5. The third-order valence-electron chi connectivity index (χ3n) is 4.76. The Hall–Kier alpha value is -3.02. The molecule has 0 saturated carbocycles. The topological polar surface area (TPSA) is 74.2 Å². The van der Waals surface area contributed by atoms with Gasteiger partial charge in [0.2, 0.25) is 5.91 Å². The van der Waals surface area contributed by atoms with Crippen LogP contribution in [0.3, 0.4) is 0 Å². The number of benzene rings is 2.